The Kier molecular flexibility index (Phi) is 3.57. The lowest BCUT2D eigenvalue weighted by molar-refractivity contribution is 0.455. The van der Waals surface area contributed by atoms with E-state index in [9.17, 15) is 4.39 Å². The van der Waals surface area contributed by atoms with Crippen LogP contribution in [0.25, 0.3) is 0 Å². The summed E-state index contributed by atoms with van der Waals surface area (Å²) < 4.78 is 19.1. The van der Waals surface area contributed by atoms with Gasteiger partial charge in [-0.1, -0.05) is 6.07 Å². The lowest BCUT2D eigenvalue weighted by Gasteiger charge is -2.07. The van der Waals surface area contributed by atoms with Crippen LogP contribution in [-0.4, -0.2) is 10.8 Å². The van der Waals surface area contributed by atoms with Crippen LogP contribution in [-0.2, 0) is 0 Å². The first-order valence-electron chi connectivity index (χ1n) is 5.00. The molecule has 0 saturated heterocycles. The van der Waals surface area contributed by atoms with Crippen molar-refractivity contribution in [2.45, 2.75) is 0 Å². The number of nitrogens with one attached hydrogen (secondary N) is 1. The highest BCUT2D eigenvalue weighted by atomic mass is 79.9. The normalized spacial score (nSPS) is 10.1. The minimum atomic E-state index is -0.407. The Morgan fingerprint density at radius 1 is 1.33 bits per heavy atom. The quantitative estimate of drug-likeness (QED) is 0.676. The van der Waals surface area contributed by atoms with Crippen molar-refractivity contribution in [3.8, 4) is 11.6 Å². The van der Waals surface area contributed by atoms with E-state index in [-0.39, 0.29) is 11.7 Å². The molecule has 1 aromatic carbocycles. The second kappa shape index (κ2) is 5.14. The number of benzene rings is 1. The van der Waals surface area contributed by atoms with Gasteiger partial charge >= 0.3 is 0 Å². The summed E-state index contributed by atoms with van der Waals surface area (Å²) in [5.74, 6) is -0.00752. The molecule has 0 atom stereocenters. The third kappa shape index (κ3) is 2.84. The zero-order valence-electron chi connectivity index (χ0n) is 9.15. The highest BCUT2D eigenvalue weighted by Crippen LogP contribution is 2.29. The number of nitrogens with zero attached hydrogens (tertiary/aromatic N) is 1. The molecule has 0 spiro atoms. The zero-order valence-corrected chi connectivity index (χ0v) is 10.7. The molecule has 6 heteroatoms. The third-order valence-electron chi connectivity index (χ3n) is 2.11. The summed E-state index contributed by atoms with van der Waals surface area (Å²) in [5, 5.41) is 7.28. The van der Waals surface area contributed by atoms with Crippen molar-refractivity contribution in [2.75, 3.05) is 0 Å². The number of halogens is 2. The Bertz CT molecular complexity index is 604. The first-order valence-corrected chi connectivity index (χ1v) is 5.80. The molecule has 0 aliphatic rings. The molecule has 1 heterocycles. The number of hydrogen-bond donors (Lipinski definition) is 2. The molecule has 0 aliphatic carbocycles. The predicted molar refractivity (Wildman–Crippen MR) is 69.4 cm³/mol. The molecule has 2 aromatic rings. The summed E-state index contributed by atoms with van der Waals surface area (Å²) in [6.45, 7) is 0. The third-order valence-corrected chi connectivity index (χ3v) is 2.76. The van der Waals surface area contributed by atoms with Gasteiger partial charge in [-0.25, -0.2) is 9.37 Å². The van der Waals surface area contributed by atoms with Crippen LogP contribution in [0, 0.1) is 11.2 Å². The SMILES string of the molecule is N=C(N)c1cccc(Oc2cc(F)ccc2Br)n1. The maximum Gasteiger partial charge on any atom is 0.219 e. The summed E-state index contributed by atoms with van der Waals surface area (Å²) in [6.07, 6.45) is 0. The molecule has 1 aromatic heterocycles. The van der Waals surface area contributed by atoms with Gasteiger partial charge in [-0.3, -0.25) is 5.41 Å². The van der Waals surface area contributed by atoms with Crippen LogP contribution >= 0.6 is 15.9 Å². The summed E-state index contributed by atoms with van der Waals surface area (Å²) in [5.41, 5.74) is 5.63. The van der Waals surface area contributed by atoms with Crippen LogP contribution in [0.15, 0.2) is 40.9 Å². The van der Waals surface area contributed by atoms with Gasteiger partial charge in [-0.05, 0) is 34.1 Å². The highest BCUT2D eigenvalue weighted by molar-refractivity contribution is 9.10. The Morgan fingerprint density at radius 3 is 2.83 bits per heavy atom. The van der Waals surface area contributed by atoms with Crippen molar-refractivity contribution in [2.24, 2.45) is 5.73 Å². The Labute approximate surface area is 111 Å². The fraction of sp³-hybridized carbons (Fsp3) is 0. The van der Waals surface area contributed by atoms with Crippen molar-refractivity contribution < 1.29 is 9.13 Å². The van der Waals surface area contributed by atoms with E-state index in [1.165, 1.54) is 12.1 Å². The maximum atomic E-state index is 13.1. The van der Waals surface area contributed by atoms with E-state index >= 15 is 0 Å². The molecule has 92 valence electrons. The smallest absolute Gasteiger partial charge is 0.219 e. The molecular weight excluding hydrogens is 301 g/mol. The van der Waals surface area contributed by atoms with Crippen LogP contribution in [0.5, 0.6) is 11.6 Å². The first kappa shape index (κ1) is 12.5. The molecule has 4 nitrogen and oxygen atoms in total. The van der Waals surface area contributed by atoms with E-state index in [0.29, 0.717) is 15.9 Å². The van der Waals surface area contributed by atoms with Crippen LogP contribution in [0.1, 0.15) is 5.69 Å². The minimum Gasteiger partial charge on any atom is -0.438 e. The van der Waals surface area contributed by atoms with Gasteiger partial charge < -0.3 is 10.5 Å². The Morgan fingerprint density at radius 2 is 2.11 bits per heavy atom. The van der Waals surface area contributed by atoms with Gasteiger partial charge in [0.1, 0.15) is 23.1 Å². The monoisotopic (exact) mass is 309 g/mol. The average Bonchev–Trinajstić information content (AvgIpc) is 2.34. The van der Waals surface area contributed by atoms with Crippen LogP contribution in [0.3, 0.4) is 0 Å². The fourth-order valence-corrected chi connectivity index (χ4v) is 1.62. The zero-order chi connectivity index (χ0) is 13.1. The second-order valence-electron chi connectivity index (χ2n) is 3.45. The first-order chi connectivity index (χ1) is 8.56. The van der Waals surface area contributed by atoms with Gasteiger partial charge in [0.05, 0.1) is 4.47 Å². The van der Waals surface area contributed by atoms with Crippen molar-refractivity contribution in [1.29, 1.82) is 5.41 Å². The minimum absolute atomic E-state index is 0.154. The number of hydrogen-bond acceptors (Lipinski definition) is 3. The number of nitrogen functional groups attached to an aromatic ring is 1. The van der Waals surface area contributed by atoms with E-state index in [0.717, 1.165) is 0 Å². The van der Waals surface area contributed by atoms with Crippen LogP contribution in [0.4, 0.5) is 4.39 Å². The van der Waals surface area contributed by atoms with E-state index in [4.69, 9.17) is 15.9 Å². The standard InChI is InChI=1S/C12H9BrFN3O/c13-8-5-4-7(14)6-10(8)18-11-3-1-2-9(17-11)12(15)16/h1-6H,(H3,15,16). The van der Waals surface area contributed by atoms with Crippen molar-refractivity contribution in [3.05, 3.63) is 52.4 Å². The molecule has 0 fully saturated rings. The van der Waals surface area contributed by atoms with Gasteiger partial charge in [0.25, 0.3) is 0 Å². The van der Waals surface area contributed by atoms with E-state index < -0.39 is 5.82 Å². The molecule has 0 radical (unpaired) electrons. The number of rotatable bonds is 3. The molecule has 0 unspecified atom stereocenters. The lowest BCUT2D eigenvalue weighted by Crippen LogP contribution is -2.13. The number of amidine groups is 1. The number of aromatic nitrogens is 1. The molecule has 0 saturated carbocycles. The molecule has 0 bridgehead atoms. The van der Waals surface area contributed by atoms with Crippen LogP contribution < -0.4 is 10.5 Å². The van der Waals surface area contributed by atoms with Crippen molar-refractivity contribution in [3.63, 3.8) is 0 Å². The number of ether oxygens (including phenoxy) is 1. The molecule has 18 heavy (non-hydrogen) atoms. The second-order valence-corrected chi connectivity index (χ2v) is 4.31. The summed E-state index contributed by atoms with van der Waals surface area (Å²) in [4.78, 5) is 4.02. The average molecular weight is 310 g/mol. The molecule has 2 rings (SSSR count). The summed E-state index contributed by atoms with van der Waals surface area (Å²) in [6, 6.07) is 8.95. The topological polar surface area (TPSA) is 72.0 Å². The Balaban J connectivity index is 2.31. The van der Waals surface area contributed by atoms with E-state index in [1.807, 2.05) is 0 Å². The van der Waals surface area contributed by atoms with Gasteiger partial charge in [-0.2, -0.15) is 0 Å². The highest BCUT2D eigenvalue weighted by Gasteiger charge is 2.07. The van der Waals surface area contributed by atoms with Gasteiger partial charge in [-0.15, -0.1) is 0 Å². The lowest BCUT2D eigenvalue weighted by atomic mass is 10.3. The van der Waals surface area contributed by atoms with Gasteiger partial charge in [0, 0.05) is 12.1 Å². The maximum absolute atomic E-state index is 13.1. The molecular formula is C12H9BrFN3O. The number of nitrogens with two attached hydrogens (primary N) is 1. The van der Waals surface area contributed by atoms with Crippen LogP contribution in [0.2, 0.25) is 0 Å². The van der Waals surface area contributed by atoms with Crippen molar-refractivity contribution >= 4 is 21.8 Å². The largest absolute Gasteiger partial charge is 0.438 e. The molecule has 0 amide bonds. The van der Waals surface area contributed by atoms with Gasteiger partial charge in [0.15, 0.2) is 0 Å². The summed E-state index contributed by atoms with van der Waals surface area (Å²) >= 11 is 3.25. The van der Waals surface area contributed by atoms with Crippen molar-refractivity contribution in [1.82, 2.24) is 4.98 Å². The van der Waals surface area contributed by atoms with E-state index in [2.05, 4.69) is 20.9 Å². The molecule has 3 N–H and O–H groups in total. The van der Waals surface area contributed by atoms with Gasteiger partial charge in [0.2, 0.25) is 5.88 Å². The van der Waals surface area contributed by atoms with E-state index in [1.54, 1.807) is 24.3 Å². The predicted octanol–water partition coefficient (Wildman–Crippen LogP) is 3.06. The molecule has 0 aliphatic heterocycles. The fourth-order valence-electron chi connectivity index (χ4n) is 1.29. The number of pyridine rings is 1. The Hall–Kier alpha value is -1.95. The summed E-state index contributed by atoms with van der Waals surface area (Å²) in [7, 11) is 0.